The van der Waals surface area contributed by atoms with Crippen molar-refractivity contribution >= 4 is 29.1 Å². The van der Waals surface area contributed by atoms with Crippen molar-refractivity contribution in [1.82, 2.24) is 9.88 Å². The summed E-state index contributed by atoms with van der Waals surface area (Å²) in [6, 6.07) is 4.68. The van der Waals surface area contributed by atoms with Crippen molar-refractivity contribution in [3.05, 3.63) is 57.3 Å². The van der Waals surface area contributed by atoms with Gasteiger partial charge in [0.25, 0.3) is 5.91 Å². The summed E-state index contributed by atoms with van der Waals surface area (Å²) >= 11 is 12.2. The topological polar surface area (TPSA) is 56.3 Å². The van der Waals surface area contributed by atoms with E-state index in [1.165, 1.54) is 4.90 Å². The SMILES string of the molecule is CN(C(=O)c1cc[nH]c1)C1c2cc(Cl)cc(Cl)c2CC1O. The number of aromatic amines is 1. The lowest BCUT2D eigenvalue weighted by atomic mass is 10.1. The number of nitrogens with zero attached hydrogens (tertiary/aromatic N) is 1. The number of aromatic nitrogens is 1. The number of likely N-dealkylation sites (N-methyl/N-ethyl adjacent to an activating group) is 1. The van der Waals surface area contributed by atoms with Gasteiger partial charge in [-0.25, -0.2) is 0 Å². The molecule has 1 aromatic heterocycles. The smallest absolute Gasteiger partial charge is 0.255 e. The number of fused-ring (bicyclic) bond motifs is 1. The summed E-state index contributed by atoms with van der Waals surface area (Å²) in [5.74, 6) is -0.163. The normalized spacial score (nSPS) is 20.4. The van der Waals surface area contributed by atoms with Gasteiger partial charge in [0.1, 0.15) is 0 Å². The number of aliphatic hydroxyl groups excluding tert-OH is 1. The van der Waals surface area contributed by atoms with Crippen LogP contribution in [-0.2, 0) is 6.42 Å². The molecule has 2 N–H and O–H groups in total. The number of halogens is 2. The third-order valence-corrected chi connectivity index (χ3v) is 4.43. The Morgan fingerprint density at radius 2 is 2.19 bits per heavy atom. The van der Waals surface area contributed by atoms with Gasteiger partial charge in [-0.2, -0.15) is 0 Å². The van der Waals surface area contributed by atoms with Gasteiger partial charge in [0, 0.05) is 35.9 Å². The number of hydrogen-bond donors (Lipinski definition) is 2. The number of rotatable bonds is 2. The first kappa shape index (κ1) is 14.4. The fourth-order valence-electron chi connectivity index (χ4n) is 2.88. The van der Waals surface area contributed by atoms with Gasteiger partial charge in [0.2, 0.25) is 0 Å². The Hall–Kier alpha value is -1.49. The number of benzene rings is 1. The standard InChI is InChI=1S/C15H14Cl2N2O2/c1-19(15(21)8-2-3-18-7-8)14-11-4-9(16)5-12(17)10(11)6-13(14)20/h2-5,7,13-14,18,20H,6H2,1H3. The molecule has 0 spiro atoms. The van der Waals surface area contributed by atoms with Gasteiger partial charge in [-0.1, -0.05) is 23.2 Å². The van der Waals surface area contributed by atoms with Crippen LogP contribution in [0.3, 0.4) is 0 Å². The third kappa shape index (κ3) is 2.44. The number of carbonyl (C=O) groups excluding carboxylic acids is 1. The Morgan fingerprint density at radius 3 is 2.86 bits per heavy atom. The van der Waals surface area contributed by atoms with Gasteiger partial charge < -0.3 is 15.0 Å². The van der Waals surface area contributed by atoms with Crippen LogP contribution in [0.5, 0.6) is 0 Å². The first-order chi connectivity index (χ1) is 9.99. The monoisotopic (exact) mass is 324 g/mol. The molecule has 1 amide bonds. The molecule has 0 bridgehead atoms. The van der Waals surface area contributed by atoms with Crippen molar-refractivity contribution in [3.63, 3.8) is 0 Å². The number of nitrogens with one attached hydrogen (secondary N) is 1. The Kier molecular flexibility index (Phi) is 3.69. The molecule has 1 aliphatic carbocycles. The van der Waals surface area contributed by atoms with E-state index in [9.17, 15) is 9.90 Å². The highest BCUT2D eigenvalue weighted by Gasteiger charge is 2.37. The molecule has 1 heterocycles. The first-order valence-electron chi connectivity index (χ1n) is 6.55. The molecule has 2 unspecified atom stereocenters. The minimum absolute atomic E-state index is 0.163. The quantitative estimate of drug-likeness (QED) is 0.892. The second-order valence-electron chi connectivity index (χ2n) is 5.19. The second-order valence-corrected chi connectivity index (χ2v) is 6.03. The molecule has 0 saturated heterocycles. The molecule has 3 rings (SSSR count). The van der Waals surface area contributed by atoms with Gasteiger partial charge in [-0.05, 0) is 29.3 Å². The van der Waals surface area contributed by atoms with Crippen LogP contribution >= 0.6 is 23.2 Å². The van der Waals surface area contributed by atoms with E-state index in [0.29, 0.717) is 22.0 Å². The van der Waals surface area contributed by atoms with E-state index in [1.807, 2.05) is 0 Å². The maximum Gasteiger partial charge on any atom is 0.255 e. The van der Waals surface area contributed by atoms with Crippen LogP contribution in [0.1, 0.15) is 27.5 Å². The van der Waals surface area contributed by atoms with Crippen molar-refractivity contribution < 1.29 is 9.90 Å². The van der Waals surface area contributed by atoms with Crippen molar-refractivity contribution in [1.29, 1.82) is 0 Å². The summed E-state index contributed by atoms with van der Waals surface area (Å²) in [6.07, 6.45) is 3.05. The zero-order valence-electron chi connectivity index (χ0n) is 11.3. The van der Waals surface area contributed by atoms with E-state index < -0.39 is 12.1 Å². The third-order valence-electron chi connectivity index (χ3n) is 3.87. The highest BCUT2D eigenvalue weighted by molar-refractivity contribution is 6.35. The van der Waals surface area contributed by atoms with Gasteiger partial charge in [0.15, 0.2) is 0 Å². The van der Waals surface area contributed by atoms with Crippen LogP contribution < -0.4 is 0 Å². The summed E-state index contributed by atoms with van der Waals surface area (Å²) < 4.78 is 0. The van der Waals surface area contributed by atoms with E-state index in [0.717, 1.165) is 11.1 Å². The van der Waals surface area contributed by atoms with E-state index in [2.05, 4.69) is 4.98 Å². The largest absolute Gasteiger partial charge is 0.390 e. The molecule has 2 atom stereocenters. The summed E-state index contributed by atoms with van der Waals surface area (Å²) in [4.78, 5) is 16.8. The van der Waals surface area contributed by atoms with Crippen LogP contribution in [0.4, 0.5) is 0 Å². The molecule has 21 heavy (non-hydrogen) atoms. The lowest BCUT2D eigenvalue weighted by Gasteiger charge is -2.28. The minimum atomic E-state index is -0.691. The predicted octanol–water partition coefficient (Wildman–Crippen LogP) is 3.05. The van der Waals surface area contributed by atoms with E-state index in [-0.39, 0.29) is 5.91 Å². The van der Waals surface area contributed by atoms with Crippen LogP contribution in [0.25, 0.3) is 0 Å². The molecular weight excluding hydrogens is 311 g/mol. The van der Waals surface area contributed by atoms with Crippen molar-refractivity contribution in [2.75, 3.05) is 7.05 Å². The lowest BCUT2D eigenvalue weighted by molar-refractivity contribution is 0.0497. The number of H-pyrrole nitrogens is 1. The molecule has 4 nitrogen and oxygen atoms in total. The van der Waals surface area contributed by atoms with Gasteiger partial charge in [0.05, 0.1) is 17.7 Å². The average molecular weight is 325 g/mol. The average Bonchev–Trinajstić information content (AvgIpc) is 3.04. The summed E-state index contributed by atoms with van der Waals surface area (Å²) in [5, 5.41) is 11.4. The Balaban J connectivity index is 1.99. The highest BCUT2D eigenvalue weighted by atomic mass is 35.5. The zero-order valence-corrected chi connectivity index (χ0v) is 12.8. The van der Waals surface area contributed by atoms with E-state index >= 15 is 0 Å². The van der Waals surface area contributed by atoms with Crippen LogP contribution in [0.15, 0.2) is 30.6 Å². The fourth-order valence-corrected chi connectivity index (χ4v) is 3.47. The molecule has 0 aliphatic heterocycles. The molecule has 0 radical (unpaired) electrons. The maximum absolute atomic E-state index is 12.4. The van der Waals surface area contributed by atoms with E-state index in [4.69, 9.17) is 23.2 Å². The molecule has 1 aliphatic rings. The van der Waals surface area contributed by atoms with Crippen molar-refractivity contribution in [3.8, 4) is 0 Å². The number of amides is 1. The number of carbonyl (C=O) groups is 1. The summed E-state index contributed by atoms with van der Waals surface area (Å²) in [5.41, 5.74) is 2.21. The van der Waals surface area contributed by atoms with Crippen LogP contribution in [-0.4, -0.2) is 34.0 Å². The summed E-state index contributed by atoms with van der Waals surface area (Å²) in [6.45, 7) is 0. The molecular formula is C15H14Cl2N2O2. The van der Waals surface area contributed by atoms with Crippen molar-refractivity contribution in [2.45, 2.75) is 18.6 Å². The number of hydrogen-bond acceptors (Lipinski definition) is 2. The maximum atomic E-state index is 12.4. The zero-order chi connectivity index (χ0) is 15.1. The van der Waals surface area contributed by atoms with Crippen molar-refractivity contribution in [2.24, 2.45) is 0 Å². The number of aliphatic hydroxyl groups is 1. The summed E-state index contributed by atoms with van der Waals surface area (Å²) in [7, 11) is 1.67. The van der Waals surface area contributed by atoms with Gasteiger partial charge in [-0.3, -0.25) is 4.79 Å². The fraction of sp³-hybridized carbons (Fsp3) is 0.267. The molecule has 0 saturated carbocycles. The predicted molar refractivity (Wildman–Crippen MR) is 81.8 cm³/mol. The van der Waals surface area contributed by atoms with Gasteiger partial charge in [-0.15, -0.1) is 0 Å². The van der Waals surface area contributed by atoms with Crippen LogP contribution in [0, 0.1) is 0 Å². The highest BCUT2D eigenvalue weighted by Crippen LogP contribution is 2.41. The Labute approximate surface area is 132 Å². The lowest BCUT2D eigenvalue weighted by Crippen LogP contribution is -2.35. The first-order valence-corrected chi connectivity index (χ1v) is 7.30. The molecule has 2 aromatic rings. The Morgan fingerprint density at radius 1 is 1.43 bits per heavy atom. The molecule has 6 heteroatoms. The Bertz CT molecular complexity index is 685. The second kappa shape index (κ2) is 5.37. The molecule has 110 valence electrons. The minimum Gasteiger partial charge on any atom is -0.390 e. The molecule has 1 aromatic carbocycles. The van der Waals surface area contributed by atoms with Crippen LogP contribution in [0.2, 0.25) is 10.0 Å². The molecule has 0 fully saturated rings. The van der Waals surface area contributed by atoms with Gasteiger partial charge >= 0.3 is 0 Å². The van der Waals surface area contributed by atoms with E-state index in [1.54, 1.807) is 37.6 Å².